The molecule has 1 saturated carbocycles. The number of carbonyl (C=O) groups excluding carboxylic acids is 4. The molecular weight excluding hydrogens is 583 g/mol. The number of carbonyl (C=O) groups is 4. The van der Waals surface area contributed by atoms with Gasteiger partial charge in [-0.05, 0) is 30.6 Å². The third-order valence-corrected chi connectivity index (χ3v) is 9.88. The second-order valence-electron chi connectivity index (χ2n) is 11.9. The van der Waals surface area contributed by atoms with E-state index < -0.39 is 55.3 Å². The minimum Gasteiger partial charge on any atom is -0.412 e. The van der Waals surface area contributed by atoms with E-state index in [1.807, 2.05) is 0 Å². The average molecular weight is 639 g/mol. The summed E-state index contributed by atoms with van der Waals surface area (Å²) in [6, 6.07) is -1.49. The van der Waals surface area contributed by atoms with Crippen molar-refractivity contribution in [2.75, 3.05) is 45.1 Å². The molecule has 0 aromatic carbocycles. The lowest BCUT2D eigenvalue weighted by Crippen LogP contribution is -2.48. The molecule has 16 heteroatoms. The fourth-order valence-corrected chi connectivity index (χ4v) is 7.10. The van der Waals surface area contributed by atoms with E-state index in [1.165, 1.54) is 0 Å². The maximum absolute atomic E-state index is 13.8. The Kier molecular flexibility index (Phi) is 19.7. The van der Waals surface area contributed by atoms with Crippen molar-refractivity contribution in [3.8, 4) is 0 Å². The van der Waals surface area contributed by atoms with Crippen molar-refractivity contribution in [3.63, 3.8) is 0 Å². The van der Waals surface area contributed by atoms with Gasteiger partial charge in [-0.2, -0.15) is 0 Å². The van der Waals surface area contributed by atoms with Gasteiger partial charge in [0.2, 0.25) is 31.0 Å². The summed E-state index contributed by atoms with van der Waals surface area (Å²) in [6.07, 6.45) is 2.57. The normalized spacial score (nSPS) is 18.0. The molecule has 0 radical (unpaired) electrons. The molecule has 43 heavy (non-hydrogen) atoms. The lowest BCUT2D eigenvalue weighted by molar-refractivity contribution is -0.127. The standard InChI is InChI=1S/C27H53N6O8P.H2O/c1-17(2)24(28)26(38)32-12-22(36)30-10-20(34)14-41-42(40,15-19-8-6-5-7-9-19)16-21(35)11-31-23(37)13-33-27(39)25(29)18(3)4;/h17-21,24-25,34-35H,5-16,28-29H2,1-4H3,(H,30,36)(H,31,37)(H,32,38)(H,33,39);1H2/t20-,21-,24+,25+,42?;/m1./s1. The molecule has 1 aliphatic carbocycles. The summed E-state index contributed by atoms with van der Waals surface area (Å²) in [6.45, 7) is 5.80. The van der Waals surface area contributed by atoms with Crippen LogP contribution < -0.4 is 32.7 Å². The fraction of sp³-hybridized carbons (Fsp3) is 0.852. The first-order valence-electron chi connectivity index (χ1n) is 14.8. The molecule has 0 aromatic heterocycles. The molecular formula is C27H55N6O9P. The van der Waals surface area contributed by atoms with Gasteiger partial charge in [0, 0.05) is 19.3 Å². The van der Waals surface area contributed by atoms with Crippen LogP contribution in [0.4, 0.5) is 0 Å². The van der Waals surface area contributed by atoms with Crippen LogP contribution in [0, 0.1) is 17.8 Å². The van der Waals surface area contributed by atoms with Gasteiger partial charge >= 0.3 is 0 Å². The molecule has 252 valence electrons. The van der Waals surface area contributed by atoms with Crippen molar-refractivity contribution in [2.45, 2.75) is 84.1 Å². The first kappa shape index (κ1) is 40.9. The number of aliphatic hydroxyl groups is 2. The van der Waals surface area contributed by atoms with Crippen LogP contribution in [0.3, 0.4) is 0 Å². The number of nitrogens with two attached hydrogens (primary N) is 2. The van der Waals surface area contributed by atoms with Gasteiger partial charge in [-0.25, -0.2) is 0 Å². The van der Waals surface area contributed by atoms with Crippen LogP contribution in [0.5, 0.6) is 0 Å². The number of nitrogens with one attached hydrogen (secondary N) is 4. The van der Waals surface area contributed by atoms with Gasteiger partial charge in [0.05, 0.1) is 50.1 Å². The topological polar surface area (TPSA) is 267 Å². The predicted molar refractivity (Wildman–Crippen MR) is 163 cm³/mol. The van der Waals surface area contributed by atoms with Gasteiger partial charge < -0.3 is 52.9 Å². The van der Waals surface area contributed by atoms with Crippen LogP contribution in [0.1, 0.15) is 59.8 Å². The molecule has 4 amide bonds. The van der Waals surface area contributed by atoms with Gasteiger partial charge in [0.25, 0.3) is 0 Å². The highest BCUT2D eigenvalue weighted by Gasteiger charge is 2.32. The molecule has 5 atom stereocenters. The lowest BCUT2D eigenvalue weighted by Gasteiger charge is -2.29. The molecule has 0 aliphatic heterocycles. The van der Waals surface area contributed by atoms with Crippen LogP contribution >= 0.6 is 7.37 Å². The second kappa shape index (κ2) is 20.8. The van der Waals surface area contributed by atoms with Crippen molar-refractivity contribution in [3.05, 3.63) is 0 Å². The van der Waals surface area contributed by atoms with Crippen LogP contribution in [0.15, 0.2) is 0 Å². The van der Waals surface area contributed by atoms with Crippen molar-refractivity contribution < 1.29 is 44.0 Å². The molecule has 1 aliphatic rings. The van der Waals surface area contributed by atoms with Crippen LogP contribution in [-0.4, -0.2) is 109 Å². The molecule has 1 fully saturated rings. The molecule has 15 nitrogen and oxygen atoms in total. The van der Waals surface area contributed by atoms with E-state index in [4.69, 9.17) is 16.0 Å². The zero-order valence-electron chi connectivity index (χ0n) is 26.0. The van der Waals surface area contributed by atoms with E-state index in [0.29, 0.717) is 0 Å². The second-order valence-corrected chi connectivity index (χ2v) is 14.5. The summed E-state index contributed by atoms with van der Waals surface area (Å²) in [5.74, 6) is -2.00. The summed E-state index contributed by atoms with van der Waals surface area (Å²) in [5.41, 5.74) is 11.5. The molecule has 0 spiro atoms. The first-order valence-corrected chi connectivity index (χ1v) is 16.8. The number of aliphatic hydroxyl groups excluding tert-OH is 2. The molecule has 1 rings (SSSR count). The van der Waals surface area contributed by atoms with Gasteiger partial charge in [-0.1, -0.05) is 47.0 Å². The Morgan fingerprint density at radius 3 is 1.67 bits per heavy atom. The summed E-state index contributed by atoms with van der Waals surface area (Å²) < 4.78 is 19.5. The van der Waals surface area contributed by atoms with Crippen molar-refractivity contribution in [2.24, 2.45) is 29.2 Å². The van der Waals surface area contributed by atoms with Crippen LogP contribution in [-0.2, 0) is 28.3 Å². The van der Waals surface area contributed by atoms with Gasteiger partial charge in [-0.3, -0.25) is 23.7 Å². The van der Waals surface area contributed by atoms with Crippen molar-refractivity contribution >= 4 is 31.0 Å². The molecule has 1 unspecified atom stereocenters. The summed E-state index contributed by atoms with van der Waals surface area (Å²) >= 11 is 0. The van der Waals surface area contributed by atoms with E-state index in [-0.39, 0.29) is 68.3 Å². The van der Waals surface area contributed by atoms with Gasteiger partial charge in [0.1, 0.15) is 0 Å². The molecule has 0 bridgehead atoms. The van der Waals surface area contributed by atoms with E-state index >= 15 is 0 Å². The minimum absolute atomic E-state index is 0. The summed E-state index contributed by atoms with van der Waals surface area (Å²) in [7, 11) is -3.44. The monoisotopic (exact) mass is 638 g/mol. The highest BCUT2D eigenvalue weighted by atomic mass is 31.2. The van der Waals surface area contributed by atoms with E-state index in [2.05, 4.69) is 21.3 Å². The largest absolute Gasteiger partial charge is 0.412 e. The number of amides is 4. The van der Waals surface area contributed by atoms with E-state index in [9.17, 15) is 34.0 Å². The Bertz CT molecular complexity index is 917. The highest BCUT2D eigenvalue weighted by molar-refractivity contribution is 7.59. The third-order valence-electron chi connectivity index (χ3n) is 7.21. The summed E-state index contributed by atoms with van der Waals surface area (Å²) in [4.78, 5) is 48.0. The number of hydrogen-bond acceptors (Lipinski definition) is 10. The van der Waals surface area contributed by atoms with E-state index in [0.717, 1.165) is 32.1 Å². The minimum atomic E-state index is -3.44. The van der Waals surface area contributed by atoms with Crippen molar-refractivity contribution in [1.29, 1.82) is 0 Å². The zero-order chi connectivity index (χ0) is 31.9. The molecule has 0 heterocycles. The Labute approximate surface area is 254 Å². The lowest BCUT2D eigenvalue weighted by atomic mass is 9.91. The molecule has 12 N–H and O–H groups in total. The Morgan fingerprint density at radius 2 is 1.23 bits per heavy atom. The third kappa shape index (κ3) is 17.1. The van der Waals surface area contributed by atoms with Gasteiger partial charge in [-0.15, -0.1) is 0 Å². The van der Waals surface area contributed by atoms with E-state index in [1.54, 1.807) is 27.7 Å². The number of rotatable bonds is 19. The Balaban J connectivity index is 0.0000176. The first-order chi connectivity index (χ1) is 19.6. The molecule has 0 aromatic rings. The Hall–Kier alpha value is -2.13. The predicted octanol–water partition coefficient (Wildman–Crippen LogP) is -1.81. The van der Waals surface area contributed by atoms with Crippen LogP contribution in [0.25, 0.3) is 0 Å². The number of hydrogen-bond donors (Lipinski definition) is 8. The van der Waals surface area contributed by atoms with Crippen molar-refractivity contribution in [1.82, 2.24) is 21.3 Å². The Morgan fingerprint density at radius 1 is 0.791 bits per heavy atom. The SMILES string of the molecule is CC(C)[C@H](N)C(=O)NCC(=O)NC[C@@H](O)COP(=O)(CC1CCCCC1)C[C@H](O)CNC(=O)CNC(=O)[C@@H](N)C(C)C.O. The zero-order valence-corrected chi connectivity index (χ0v) is 26.9. The van der Waals surface area contributed by atoms with Gasteiger partial charge in [0.15, 0.2) is 0 Å². The fourth-order valence-electron chi connectivity index (χ4n) is 4.37. The summed E-state index contributed by atoms with van der Waals surface area (Å²) in [5, 5.41) is 30.8. The quantitative estimate of drug-likeness (QED) is 0.0735. The van der Waals surface area contributed by atoms with Crippen LogP contribution in [0.2, 0.25) is 0 Å². The maximum Gasteiger partial charge on any atom is 0.239 e. The smallest absolute Gasteiger partial charge is 0.239 e. The average Bonchev–Trinajstić information content (AvgIpc) is 2.94. The maximum atomic E-state index is 13.8. The molecule has 0 saturated heterocycles. The highest BCUT2D eigenvalue weighted by Crippen LogP contribution is 2.51.